The molecule has 1 aromatic carbocycles. The third-order valence-corrected chi connectivity index (χ3v) is 6.48. The monoisotopic (exact) mass is 412 g/mol. The van der Waals surface area contributed by atoms with Crippen molar-refractivity contribution in [3.05, 3.63) is 29.5 Å². The first-order valence-corrected chi connectivity index (χ1v) is 11.5. The highest BCUT2D eigenvalue weighted by atomic mass is 16.5. The lowest BCUT2D eigenvalue weighted by Gasteiger charge is -2.32. The molecule has 0 aliphatic heterocycles. The van der Waals surface area contributed by atoms with Crippen LogP contribution in [0.5, 0.6) is 5.75 Å². The summed E-state index contributed by atoms with van der Waals surface area (Å²) in [5, 5.41) is 4.52. The molecular weight excluding hydrogens is 372 g/mol. The Hall–Kier alpha value is -1.97. The van der Waals surface area contributed by atoms with Gasteiger partial charge in [0, 0.05) is 23.7 Å². The van der Waals surface area contributed by atoms with Crippen molar-refractivity contribution in [3.63, 3.8) is 0 Å². The van der Waals surface area contributed by atoms with Gasteiger partial charge in [0.15, 0.2) is 0 Å². The van der Waals surface area contributed by atoms with Gasteiger partial charge in [-0.05, 0) is 60.6 Å². The summed E-state index contributed by atoms with van der Waals surface area (Å²) < 4.78 is 7.89. The largest absolute Gasteiger partial charge is 0.497 e. The van der Waals surface area contributed by atoms with Crippen LogP contribution in [0.15, 0.2) is 18.2 Å². The molecule has 0 radical (unpaired) electrons. The van der Waals surface area contributed by atoms with Crippen LogP contribution in [0, 0.1) is 10.8 Å². The molecule has 1 unspecified atom stereocenters. The van der Waals surface area contributed by atoms with Gasteiger partial charge in [-0.15, -0.1) is 0 Å². The summed E-state index contributed by atoms with van der Waals surface area (Å²) in [4.78, 5) is 13.4. The van der Waals surface area contributed by atoms with Gasteiger partial charge in [0.1, 0.15) is 11.8 Å². The fourth-order valence-electron chi connectivity index (χ4n) is 4.70. The molecule has 4 nitrogen and oxygen atoms in total. The van der Waals surface area contributed by atoms with E-state index in [-0.39, 0.29) is 22.8 Å². The molecule has 0 fully saturated rings. The average molecular weight is 413 g/mol. The molecule has 0 spiro atoms. The Bertz CT molecular complexity index is 902. The summed E-state index contributed by atoms with van der Waals surface area (Å²) in [5.74, 6) is 0.994. The zero-order chi connectivity index (χ0) is 22.1. The number of nitrogens with one attached hydrogen (secondary N) is 1. The summed E-state index contributed by atoms with van der Waals surface area (Å²) in [6.45, 7) is 14.2. The SMILES string of the molecule is CCCC(C(=O)NCCC(C)(C)C)n1c2c(c3ccc(OC)cc31)CCC(C)(C)C2. The third-order valence-electron chi connectivity index (χ3n) is 6.48. The molecule has 1 aliphatic carbocycles. The van der Waals surface area contributed by atoms with Gasteiger partial charge in [-0.1, -0.05) is 48.0 Å². The Morgan fingerprint density at radius 3 is 2.67 bits per heavy atom. The molecule has 1 amide bonds. The lowest BCUT2D eigenvalue weighted by atomic mass is 9.76. The maximum Gasteiger partial charge on any atom is 0.243 e. The maximum absolute atomic E-state index is 13.4. The smallest absolute Gasteiger partial charge is 0.243 e. The van der Waals surface area contributed by atoms with Crippen LogP contribution in [-0.4, -0.2) is 24.1 Å². The number of amides is 1. The fraction of sp³-hybridized carbons (Fsp3) is 0.654. The van der Waals surface area contributed by atoms with Crippen LogP contribution in [0.2, 0.25) is 0 Å². The Kier molecular flexibility index (Phi) is 6.54. The minimum atomic E-state index is -0.178. The van der Waals surface area contributed by atoms with Crippen LogP contribution in [0.3, 0.4) is 0 Å². The van der Waals surface area contributed by atoms with E-state index in [4.69, 9.17) is 4.74 Å². The normalized spacial score (nSPS) is 16.9. The summed E-state index contributed by atoms with van der Waals surface area (Å²) >= 11 is 0. The predicted octanol–water partition coefficient (Wildman–Crippen LogP) is 6.06. The number of carbonyl (C=O) groups is 1. The topological polar surface area (TPSA) is 43.3 Å². The highest BCUT2D eigenvalue weighted by Gasteiger charge is 2.34. The molecule has 166 valence electrons. The van der Waals surface area contributed by atoms with Gasteiger partial charge < -0.3 is 14.6 Å². The fourth-order valence-corrected chi connectivity index (χ4v) is 4.70. The van der Waals surface area contributed by atoms with Crippen LogP contribution in [0.4, 0.5) is 0 Å². The van der Waals surface area contributed by atoms with Crippen LogP contribution >= 0.6 is 0 Å². The lowest BCUT2D eigenvalue weighted by Crippen LogP contribution is -2.36. The van der Waals surface area contributed by atoms with Crippen molar-refractivity contribution >= 4 is 16.8 Å². The third kappa shape index (κ3) is 4.84. The first kappa shape index (κ1) is 22.7. The number of aromatic nitrogens is 1. The molecule has 1 aromatic heterocycles. The number of aryl methyl sites for hydroxylation is 1. The van der Waals surface area contributed by atoms with Crippen molar-refractivity contribution in [2.24, 2.45) is 10.8 Å². The van der Waals surface area contributed by atoms with E-state index < -0.39 is 0 Å². The molecular formula is C26H40N2O2. The number of fused-ring (bicyclic) bond motifs is 3. The predicted molar refractivity (Wildman–Crippen MR) is 125 cm³/mol. The van der Waals surface area contributed by atoms with Crippen molar-refractivity contribution in [1.29, 1.82) is 0 Å². The number of rotatable bonds is 7. The summed E-state index contributed by atoms with van der Waals surface area (Å²) in [7, 11) is 1.71. The highest BCUT2D eigenvalue weighted by Crippen LogP contribution is 2.42. The number of nitrogens with zero attached hydrogens (tertiary/aromatic N) is 1. The van der Waals surface area contributed by atoms with E-state index in [2.05, 4.69) is 63.6 Å². The van der Waals surface area contributed by atoms with Gasteiger partial charge in [-0.3, -0.25) is 4.79 Å². The molecule has 1 heterocycles. The molecule has 1 atom stereocenters. The second-order valence-corrected chi connectivity index (χ2v) is 10.9. The average Bonchev–Trinajstić information content (AvgIpc) is 2.96. The van der Waals surface area contributed by atoms with Crippen LogP contribution < -0.4 is 10.1 Å². The van der Waals surface area contributed by atoms with Crippen LogP contribution in [-0.2, 0) is 17.6 Å². The molecule has 0 saturated heterocycles. The van der Waals surface area contributed by atoms with Gasteiger partial charge in [-0.2, -0.15) is 0 Å². The Labute approximate surface area is 182 Å². The summed E-state index contributed by atoms with van der Waals surface area (Å²) in [6, 6.07) is 6.17. The van der Waals surface area contributed by atoms with Crippen molar-refractivity contribution in [3.8, 4) is 5.75 Å². The minimum absolute atomic E-state index is 0.145. The van der Waals surface area contributed by atoms with E-state index in [9.17, 15) is 4.79 Å². The first-order chi connectivity index (χ1) is 14.1. The number of ether oxygens (including phenoxy) is 1. The van der Waals surface area contributed by atoms with Gasteiger partial charge in [0.2, 0.25) is 5.91 Å². The van der Waals surface area contributed by atoms with Crippen molar-refractivity contribution in [1.82, 2.24) is 9.88 Å². The highest BCUT2D eigenvalue weighted by molar-refractivity contribution is 5.90. The summed E-state index contributed by atoms with van der Waals surface area (Å²) in [6.07, 6.45) is 6.05. The van der Waals surface area contributed by atoms with Crippen molar-refractivity contribution in [2.45, 2.75) is 86.1 Å². The number of hydrogen-bond donors (Lipinski definition) is 1. The first-order valence-electron chi connectivity index (χ1n) is 11.5. The van der Waals surface area contributed by atoms with Crippen LogP contribution in [0.25, 0.3) is 10.9 Å². The zero-order valence-electron chi connectivity index (χ0n) is 20.0. The molecule has 0 bridgehead atoms. The van der Waals surface area contributed by atoms with E-state index in [1.165, 1.54) is 23.1 Å². The standard InChI is InChI=1S/C26H40N2O2/c1-8-9-21(24(29)27-15-14-25(2,3)4)28-22-16-18(30-7)10-11-19(22)20-12-13-26(5,6)17-23(20)28/h10-11,16,21H,8-9,12-15,17H2,1-7H3,(H,27,29). The molecule has 4 heteroatoms. The second-order valence-electron chi connectivity index (χ2n) is 10.9. The summed E-state index contributed by atoms with van der Waals surface area (Å²) in [5.41, 5.74) is 4.38. The van der Waals surface area contributed by atoms with E-state index in [0.29, 0.717) is 0 Å². The Balaban J connectivity index is 2.06. The van der Waals surface area contributed by atoms with Crippen LogP contribution in [0.1, 0.15) is 84.5 Å². The van der Waals surface area contributed by atoms with E-state index in [1.54, 1.807) is 7.11 Å². The van der Waals surface area contributed by atoms with Gasteiger partial charge in [-0.25, -0.2) is 0 Å². The molecule has 3 rings (SSSR count). The number of methoxy groups -OCH3 is 1. The van der Waals surface area contributed by atoms with Gasteiger partial charge in [0.25, 0.3) is 0 Å². The molecule has 0 saturated carbocycles. The molecule has 1 N–H and O–H groups in total. The Morgan fingerprint density at radius 1 is 1.30 bits per heavy atom. The second kappa shape index (κ2) is 8.64. The molecule has 30 heavy (non-hydrogen) atoms. The molecule has 2 aromatic rings. The quantitative estimate of drug-likeness (QED) is 0.601. The van der Waals surface area contributed by atoms with Gasteiger partial charge >= 0.3 is 0 Å². The minimum Gasteiger partial charge on any atom is -0.497 e. The number of carbonyl (C=O) groups excluding carboxylic acids is 1. The Morgan fingerprint density at radius 2 is 2.03 bits per heavy atom. The van der Waals surface area contributed by atoms with Crippen molar-refractivity contribution < 1.29 is 9.53 Å². The number of hydrogen-bond acceptors (Lipinski definition) is 2. The van der Waals surface area contributed by atoms with E-state index >= 15 is 0 Å². The lowest BCUT2D eigenvalue weighted by molar-refractivity contribution is -0.124. The van der Waals surface area contributed by atoms with Gasteiger partial charge in [0.05, 0.1) is 12.6 Å². The van der Waals surface area contributed by atoms with Crippen molar-refractivity contribution in [2.75, 3.05) is 13.7 Å². The van der Waals surface area contributed by atoms with E-state index in [1.807, 2.05) is 6.07 Å². The molecule has 1 aliphatic rings. The van der Waals surface area contributed by atoms with E-state index in [0.717, 1.165) is 49.9 Å². The maximum atomic E-state index is 13.4. The number of benzene rings is 1. The zero-order valence-corrected chi connectivity index (χ0v) is 20.0.